The first kappa shape index (κ1) is 20.4. The summed E-state index contributed by atoms with van der Waals surface area (Å²) in [6.07, 6.45) is 7.08. The van der Waals surface area contributed by atoms with Crippen LogP contribution in [0.2, 0.25) is 0 Å². The Hall–Kier alpha value is -1.88. The third-order valence-corrected chi connectivity index (χ3v) is 6.69. The Bertz CT molecular complexity index is 935. The molecule has 0 N–H and O–H groups in total. The molecular weight excluding hydrogens is 428 g/mol. The van der Waals surface area contributed by atoms with E-state index in [-0.39, 0.29) is 17.3 Å². The minimum absolute atomic E-state index is 0.0123. The van der Waals surface area contributed by atoms with Crippen LogP contribution in [0.4, 0.5) is 0 Å². The molecule has 4 nitrogen and oxygen atoms in total. The predicted octanol–water partition coefficient (Wildman–Crippen LogP) is 6.35. The molecule has 0 spiro atoms. The molecule has 1 heterocycles. The van der Waals surface area contributed by atoms with Gasteiger partial charge in [-0.1, -0.05) is 54.2 Å². The van der Waals surface area contributed by atoms with Gasteiger partial charge >= 0.3 is 5.97 Å². The molecule has 1 aromatic carbocycles. The molecule has 0 bridgehead atoms. The highest BCUT2D eigenvalue weighted by Gasteiger charge is 2.34. The first-order valence-electron chi connectivity index (χ1n) is 10.6. The third-order valence-electron chi connectivity index (χ3n) is 6.16. The van der Waals surface area contributed by atoms with Gasteiger partial charge in [0.05, 0.1) is 11.6 Å². The number of fused-ring (bicyclic) bond motifs is 1. The average Bonchev–Trinajstić information content (AvgIpc) is 3.02. The molecule has 154 valence electrons. The zero-order chi connectivity index (χ0) is 20.6. The van der Waals surface area contributed by atoms with E-state index in [1.165, 1.54) is 17.8 Å². The summed E-state index contributed by atoms with van der Waals surface area (Å²) in [7, 11) is 0. The molecule has 29 heavy (non-hydrogen) atoms. The number of hydrogen-bond donors (Lipinski definition) is 0. The molecule has 1 aromatic heterocycles. The molecule has 0 unspecified atom stereocenters. The summed E-state index contributed by atoms with van der Waals surface area (Å²) in [4.78, 5) is 18.0. The SMILES string of the molecule is Cc1cc2c(n1-c1ccc(Br)cc1)CC(C)(C)C/C2=N\OC(=O)C1CCCCC1. The van der Waals surface area contributed by atoms with Crippen LogP contribution in [-0.4, -0.2) is 16.2 Å². The Balaban J connectivity index is 1.67. The fraction of sp³-hybridized carbons (Fsp3) is 0.500. The summed E-state index contributed by atoms with van der Waals surface area (Å²) in [5, 5.41) is 4.40. The van der Waals surface area contributed by atoms with Crippen LogP contribution >= 0.6 is 15.9 Å². The van der Waals surface area contributed by atoms with Crippen molar-refractivity contribution in [3.8, 4) is 5.69 Å². The van der Waals surface area contributed by atoms with E-state index >= 15 is 0 Å². The van der Waals surface area contributed by atoms with E-state index in [4.69, 9.17) is 4.84 Å². The lowest BCUT2D eigenvalue weighted by atomic mass is 9.76. The van der Waals surface area contributed by atoms with Gasteiger partial charge in [-0.25, -0.2) is 4.79 Å². The van der Waals surface area contributed by atoms with E-state index in [0.717, 1.165) is 60.0 Å². The van der Waals surface area contributed by atoms with Crippen LogP contribution in [0.15, 0.2) is 40.0 Å². The standard InChI is InChI=1S/C24H29BrN2O2/c1-16-13-20-21(26-29-23(28)17-7-5-4-6-8-17)14-24(2,3)15-22(20)27(16)19-11-9-18(25)10-12-19/h9-13,17H,4-8,14-15H2,1-3H3/b26-21+. The summed E-state index contributed by atoms with van der Waals surface area (Å²) < 4.78 is 3.37. The van der Waals surface area contributed by atoms with E-state index < -0.39 is 0 Å². The second-order valence-corrected chi connectivity index (χ2v) is 10.2. The Labute approximate surface area is 181 Å². The molecule has 2 aromatic rings. The van der Waals surface area contributed by atoms with E-state index in [0.29, 0.717) is 0 Å². The normalized spacial score (nSPS) is 20.5. The molecular formula is C24H29BrN2O2. The Kier molecular flexibility index (Phi) is 5.69. The van der Waals surface area contributed by atoms with Crippen molar-refractivity contribution in [2.45, 2.75) is 65.7 Å². The van der Waals surface area contributed by atoms with Crippen LogP contribution in [-0.2, 0) is 16.1 Å². The lowest BCUT2D eigenvalue weighted by molar-refractivity contribution is -0.149. The molecule has 0 atom stereocenters. The Morgan fingerprint density at radius 2 is 1.83 bits per heavy atom. The second kappa shape index (κ2) is 8.10. The van der Waals surface area contributed by atoms with Crippen molar-refractivity contribution in [3.05, 3.63) is 51.8 Å². The molecule has 0 aliphatic heterocycles. The number of rotatable bonds is 3. The molecule has 2 aliphatic rings. The number of carbonyl (C=O) groups is 1. The Morgan fingerprint density at radius 3 is 2.52 bits per heavy atom. The average molecular weight is 457 g/mol. The topological polar surface area (TPSA) is 43.6 Å². The molecule has 4 rings (SSSR count). The van der Waals surface area contributed by atoms with Gasteiger partial charge in [0, 0.05) is 27.1 Å². The maximum atomic E-state index is 12.5. The highest BCUT2D eigenvalue weighted by molar-refractivity contribution is 9.10. The fourth-order valence-corrected chi connectivity index (χ4v) is 4.99. The van der Waals surface area contributed by atoms with E-state index in [1.807, 2.05) is 0 Å². The van der Waals surface area contributed by atoms with Crippen molar-refractivity contribution < 1.29 is 9.63 Å². The summed E-state index contributed by atoms with van der Waals surface area (Å²) in [6.45, 7) is 6.63. The van der Waals surface area contributed by atoms with Gasteiger partial charge in [-0.05, 0) is 68.4 Å². The molecule has 0 amide bonds. The van der Waals surface area contributed by atoms with E-state index in [1.54, 1.807) is 0 Å². The summed E-state index contributed by atoms with van der Waals surface area (Å²) in [5.41, 5.74) is 5.61. The van der Waals surface area contributed by atoms with Gasteiger partial charge in [0.15, 0.2) is 0 Å². The number of benzene rings is 1. The van der Waals surface area contributed by atoms with Crippen molar-refractivity contribution in [2.24, 2.45) is 16.5 Å². The third kappa shape index (κ3) is 4.35. The molecule has 2 aliphatic carbocycles. The zero-order valence-electron chi connectivity index (χ0n) is 17.5. The van der Waals surface area contributed by atoms with Crippen molar-refractivity contribution >= 4 is 27.6 Å². The maximum Gasteiger partial charge on any atom is 0.338 e. The monoisotopic (exact) mass is 456 g/mol. The van der Waals surface area contributed by atoms with Crippen LogP contribution in [0.25, 0.3) is 5.69 Å². The number of carbonyl (C=O) groups excluding carboxylic acids is 1. The summed E-state index contributed by atoms with van der Waals surface area (Å²) in [6, 6.07) is 10.6. The van der Waals surface area contributed by atoms with Crippen LogP contribution in [0.5, 0.6) is 0 Å². The molecule has 0 saturated heterocycles. The number of nitrogens with zero attached hydrogens (tertiary/aromatic N) is 2. The van der Waals surface area contributed by atoms with Crippen molar-refractivity contribution in [2.75, 3.05) is 0 Å². The largest absolute Gasteiger partial charge is 0.338 e. The molecule has 1 fully saturated rings. The van der Waals surface area contributed by atoms with E-state index in [9.17, 15) is 4.79 Å². The first-order valence-corrected chi connectivity index (χ1v) is 11.4. The van der Waals surface area contributed by atoms with Crippen molar-refractivity contribution in [3.63, 3.8) is 0 Å². The van der Waals surface area contributed by atoms with Gasteiger partial charge in [-0.3, -0.25) is 0 Å². The van der Waals surface area contributed by atoms with Gasteiger partial charge in [-0.2, -0.15) is 0 Å². The number of aromatic nitrogens is 1. The molecule has 1 saturated carbocycles. The smallest absolute Gasteiger partial charge is 0.318 e. The van der Waals surface area contributed by atoms with Gasteiger partial charge in [0.2, 0.25) is 0 Å². The lowest BCUT2D eigenvalue weighted by Crippen LogP contribution is -2.29. The molecule has 0 radical (unpaired) electrons. The summed E-state index contributed by atoms with van der Waals surface area (Å²) in [5.74, 6) is -0.149. The van der Waals surface area contributed by atoms with Crippen molar-refractivity contribution in [1.82, 2.24) is 4.57 Å². The predicted molar refractivity (Wildman–Crippen MR) is 120 cm³/mol. The second-order valence-electron chi connectivity index (χ2n) is 9.26. The minimum Gasteiger partial charge on any atom is -0.318 e. The van der Waals surface area contributed by atoms with Crippen LogP contribution in [0.1, 0.15) is 69.3 Å². The zero-order valence-corrected chi connectivity index (χ0v) is 19.1. The molecule has 5 heteroatoms. The van der Waals surface area contributed by atoms with Crippen LogP contribution in [0.3, 0.4) is 0 Å². The van der Waals surface area contributed by atoms with Crippen LogP contribution < -0.4 is 0 Å². The maximum absolute atomic E-state index is 12.5. The highest BCUT2D eigenvalue weighted by Crippen LogP contribution is 2.38. The minimum atomic E-state index is -0.161. The van der Waals surface area contributed by atoms with Gasteiger partial charge in [0.1, 0.15) is 0 Å². The number of oxime groups is 1. The summed E-state index contributed by atoms with van der Waals surface area (Å²) >= 11 is 3.52. The van der Waals surface area contributed by atoms with Gasteiger partial charge in [-0.15, -0.1) is 0 Å². The Morgan fingerprint density at radius 1 is 1.14 bits per heavy atom. The van der Waals surface area contributed by atoms with Crippen molar-refractivity contribution in [1.29, 1.82) is 0 Å². The number of aryl methyl sites for hydroxylation is 1. The highest BCUT2D eigenvalue weighted by atomic mass is 79.9. The number of halogens is 1. The van der Waals surface area contributed by atoms with Gasteiger partial charge < -0.3 is 9.40 Å². The van der Waals surface area contributed by atoms with E-state index in [2.05, 4.69) is 76.8 Å². The van der Waals surface area contributed by atoms with Crippen LogP contribution in [0, 0.1) is 18.3 Å². The van der Waals surface area contributed by atoms with Gasteiger partial charge in [0.25, 0.3) is 0 Å². The number of hydrogen-bond acceptors (Lipinski definition) is 3. The first-order chi connectivity index (χ1) is 13.8. The fourth-order valence-electron chi connectivity index (χ4n) is 4.72. The quantitative estimate of drug-likeness (QED) is 0.398. The lowest BCUT2D eigenvalue weighted by Gasteiger charge is -2.31.